The normalized spacial score (nSPS) is 13.2. The number of nitrogens with zero attached hydrogens (tertiary/aromatic N) is 2. The highest BCUT2D eigenvalue weighted by atomic mass is 32.2. The molecule has 2 aromatic rings. The quantitative estimate of drug-likeness (QED) is 0.408. The summed E-state index contributed by atoms with van der Waals surface area (Å²) < 4.78 is 31.8. The third-order valence-corrected chi connectivity index (χ3v) is 6.68. The monoisotopic (exact) mass is 477 g/mol. The van der Waals surface area contributed by atoms with E-state index in [1.165, 1.54) is 18.2 Å². The van der Waals surface area contributed by atoms with Gasteiger partial charge in [-0.25, -0.2) is 8.42 Å². The molecule has 0 aromatic heterocycles. The van der Waals surface area contributed by atoms with Crippen LogP contribution in [0, 0.1) is 24.0 Å². The predicted molar refractivity (Wildman–Crippen MR) is 128 cm³/mol. The van der Waals surface area contributed by atoms with Gasteiger partial charge in [-0.1, -0.05) is 32.0 Å². The number of ether oxygens (including phenoxy) is 1. The van der Waals surface area contributed by atoms with E-state index in [2.05, 4.69) is 5.32 Å². The largest absolute Gasteiger partial charge is 0.496 e. The number of hydrogen-bond acceptors (Lipinski definition) is 6. The van der Waals surface area contributed by atoms with Crippen LogP contribution < -0.4 is 14.4 Å². The van der Waals surface area contributed by atoms with Crippen molar-refractivity contribution in [2.24, 2.45) is 0 Å². The molecule has 33 heavy (non-hydrogen) atoms. The van der Waals surface area contributed by atoms with E-state index in [0.717, 1.165) is 27.4 Å². The van der Waals surface area contributed by atoms with Crippen molar-refractivity contribution in [3.8, 4) is 5.75 Å². The van der Waals surface area contributed by atoms with Gasteiger partial charge in [0.05, 0.1) is 30.0 Å². The molecule has 1 amide bonds. The van der Waals surface area contributed by atoms with Crippen molar-refractivity contribution in [1.82, 2.24) is 5.32 Å². The standard InChI is InChI=1S/C23H31N3O6S/c1-7-19(17-10-12-22(32-5)16(4)13-17)24-23(27)20(8-2)25(33(6,30)31)21-14-18(26(28)29)11-9-15(21)3/h9-14,19-20H,7-8H2,1-6H3,(H,24,27)/t19-,20+/m1/s1. The van der Waals surface area contributed by atoms with E-state index >= 15 is 0 Å². The first-order valence-corrected chi connectivity index (χ1v) is 12.5. The molecule has 0 bridgehead atoms. The molecule has 0 saturated heterocycles. The van der Waals surface area contributed by atoms with Gasteiger partial charge in [-0.15, -0.1) is 0 Å². The molecule has 180 valence electrons. The Hall–Kier alpha value is -3.14. The molecule has 0 aliphatic carbocycles. The second-order valence-electron chi connectivity index (χ2n) is 7.91. The van der Waals surface area contributed by atoms with Gasteiger partial charge in [-0.2, -0.15) is 0 Å². The van der Waals surface area contributed by atoms with Crippen molar-refractivity contribution in [2.75, 3.05) is 17.7 Å². The number of hydrogen-bond donors (Lipinski definition) is 1. The first-order chi connectivity index (χ1) is 15.4. The lowest BCUT2D eigenvalue weighted by atomic mass is 10.0. The Labute approximate surface area is 195 Å². The number of nitro groups is 1. The number of amides is 1. The van der Waals surface area contributed by atoms with Gasteiger partial charge >= 0.3 is 0 Å². The third-order valence-electron chi connectivity index (χ3n) is 5.52. The first-order valence-electron chi connectivity index (χ1n) is 10.6. The number of nitro benzene ring substituents is 1. The molecule has 9 nitrogen and oxygen atoms in total. The molecular weight excluding hydrogens is 446 g/mol. The van der Waals surface area contributed by atoms with Crippen molar-refractivity contribution < 1.29 is 22.9 Å². The number of anilines is 1. The second-order valence-corrected chi connectivity index (χ2v) is 9.77. The van der Waals surface area contributed by atoms with E-state index in [0.29, 0.717) is 12.0 Å². The van der Waals surface area contributed by atoms with Crippen molar-refractivity contribution in [2.45, 2.75) is 52.6 Å². The maximum atomic E-state index is 13.3. The molecule has 2 atom stereocenters. The summed E-state index contributed by atoms with van der Waals surface area (Å²) in [4.78, 5) is 24.0. The number of carbonyl (C=O) groups excluding carboxylic acids is 1. The topological polar surface area (TPSA) is 119 Å². The molecule has 2 aromatic carbocycles. The molecule has 0 aliphatic heterocycles. The smallest absolute Gasteiger partial charge is 0.271 e. The molecule has 0 fully saturated rings. The maximum absolute atomic E-state index is 13.3. The lowest BCUT2D eigenvalue weighted by molar-refractivity contribution is -0.384. The van der Waals surface area contributed by atoms with Crippen molar-refractivity contribution in [3.63, 3.8) is 0 Å². The fourth-order valence-electron chi connectivity index (χ4n) is 3.79. The summed E-state index contributed by atoms with van der Waals surface area (Å²) in [5.41, 5.74) is 2.16. The number of methoxy groups -OCH3 is 1. The number of nitrogens with one attached hydrogen (secondary N) is 1. The third kappa shape index (κ3) is 6.01. The van der Waals surface area contributed by atoms with Crippen molar-refractivity contribution in [3.05, 3.63) is 63.2 Å². The highest BCUT2D eigenvalue weighted by Gasteiger charge is 2.34. The number of non-ortho nitro benzene ring substituents is 1. The molecular formula is C23H31N3O6S. The summed E-state index contributed by atoms with van der Waals surface area (Å²) in [7, 11) is -2.34. The molecule has 0 spiro atoms. The zero-order valence-electron chi connectivity index (χ0n) is 19.8. The van der Waals surface area contributed by atoms with Gasteiger partial charge in [0.1, 0.15) is 11.8 Å². The van der Waals surface area contributed by atoms with E-state index in [1.807, 2.05) is 32.0 Å². The highest BCUT2D eigenvalue weighted by molar-refractivity contribution is 7.92. The number of benzene rings is 2. The minimum absolute atomic E-state index is 0.113. The Morgan fingerprint density at radius 2 is 1.79 bits per heavy atom. The predicted octanol–water partition coefficient (Wildman–Crippen LogP) is 4.03. The fraction of sp³-hybridized carbons (Fsp3) is 0.435. The summed E-state index contributed by atoms with van der Waals surface area (Å²) in [6.45, 7) is 7.18. The van der Waals surface area contributed by atoms with Crippen LogP contribution in [0.15, 0.2) is 36.4 Å². The van der Waals surface area contributed by atoms with Crippen LogP contribution in [0.4, 0.5) is 11.4 Å². The molecule has 0 heterocycles. The van der Waals surface area contributed by atoms with Crippen LogP contribution in [0.2, 0.25) is 0 Å². The fourth-order valence-corrected chi connectivity index (χ4v) is 5.05. The summed E-state index contributed by atoms with van der Waals surface area (Å²) in [5, 5.41) is 14.2. The van der Waals surface area contributed by atoms with Gasteiger partial charge in [0.2, 0.25) is 15.9 Å². The molecule has 2 rings (SSSR count). The number of carbonyl (C=O) groups is 1. The Morgan fingerprint density at radius 3 is 2.27 bits per heavy atom. The van der Waals surface area contributed by atoms with Gasteiger partial charge < -0.3 is 10.1 Å². The van der Waals surface area contributed by atoms with Gasteiger partial charge in [-0.3, -0.25) is 19.2 Å². The minimum atomic E-state index is -3.93. The van der Waals surface area contributed by atoms with Crippen LogP contribution in [0.3, 0.4) is 0 Å². The van der Waals surface area contributed by atoms with Gasteiger partial charge in [0.25, 0.3) is 5.69 Å². The van der Waals surface area contributed by atoms with E-state index in [4.69, 9.17) is 4.74 Å². The number of rotatable bonds is 10. The van der Waals surface area contributed by atoms with Crippen LogP contribution >= 0.6 is 0 Å². The average molecular weight is 478 g/mol. The summed E-state index contributed by atoms with van der Waals surface area (Å²) in [5.74, 6) is 0.255. The van der Waals surface area contributed by atoms with E-state index in [9.17, 15) is 23.3 Å². The highest BCUT2D eigenvalue weighted by Crippen LogP contribution is 2.31. The summed E-state index contributed by atoms with van der Waals surface area (Å²) in [6.07, 6.45) is 1.76. The molecule has 1 N–H and O–H groups in total. The minimum Gasteiger partial charge on any atom is -0.496 e. The van der Waals surface area contributed by atoms with Crippen LogP contribution in [0.1, 0.15) is 49.4 Å². The van der Waals surface area contributed by atoms with Crippen LogP contribution in [-0.4, -0.2) is 38.7 Å². The van der Waals surface area contributed by atoms with Crippen LogP contribution in [0.25, 0.3) is 0 Å². The Balaban J connectivity index is 2.46. The second kappa shape index (κ2) is 10.7. The van der Waals surface area contributed by atoms with Gasteiger partial charge in [-0.05, 0) is 49.4 Å². The van der Waals surface area contributed by atoms with Crippen LogP contribution in [-0.2, 0) is 14.8 Å². The lowest BCUT2D eigenvalue weighted by Crippen LogP contribution is -2.50. The lowest BCUT2D eigenvalue weighted by Gasteiger charge is -2.32. The Kier molecular flexibility index (Phi) is 8.43. The Morgan fingerprint density at radius 1 is 1.12 bits per heavy atom. The van der Waals surface area contributed by atoms with Crippen LogP contribution in [0.5, 0.6) is 5.75 Å². The summed E-state index contributed by atoms with van der Waals surface area (Å²) in [6, 6.07) is 8.17. The molecule has 0 saturated carbocycles. The number of aryl methyl sites for hydroxylation is 2. The molecule has 0 aliphatic rings. The SMILES string of the molecule is CC[C@@H](NC(=O)[C@H](CC)N(c1cc([N+](=O)[O-])ccc1C)S(C)(=O)=O)c1ccc(OC)c(C)c1. The number of sulfonamides is 1. The molecule has 0 unspecified atom stereocenters. The van der Waals surface area contributed by atoms with Gasteiger partial charge in [0.15, 0.2) is 0 Å². The Bertz CT molecular complexity index is 1130. The van der Waals surface area contributed by atoms with Crippen molar-refractivity contribution >= 4 is 27.3 Å². The van der Waals surface area contributed by atoms with E-state index in [-0.39, 0.29) is 23.8 Å². The first kappa shape index (κ1) is 26.1. The van der Waals surface area contributed by atoms with E-state index in [1.54, 1.807) is 21.0 Å². The van der Waals surface area contributed by atoms with E-state index < -0.39 is 26.9 Å². The zero-order chi connectivity index (χ0) is 24.9. The summed E-state index contributed by atoms with van der Waals surface area (Å²) >= 11 is 0. The van der Waals surface area contributed by atoms with Crippen molar-refractivity contribution in [1.29, 1.82) is 0 Å². The van der Waals surface area contributed by atoms with Gasteiger partial charge in [0, 0.05) is 12.1 Å². The molecule has 0 radical (unpaired) electrons. The maximum Gasteiger partial charge on any atom is 0.271 e. The zero-order valence-corrected chi connectivity index (χ0v) is 20.6. The molecule has 10 heteroatoms. The average Bonchev–Trinajstić information content (AvgIpc) is 2.75.